The molecule has 0 spiro atoms. The lowest BCUT2D eigenvalue weighted by Crippen LogP contribution is -2.05. The molecule has 0 bridgehead atoms. The first-order valence-electron chi connectivity index (χ1n) is 11.5. The van der Waals surface area contributed by atoms with Gasteiger partial charge in [0, 0.05) is 24.0 Å². The summed E-state index contributed by atoms with van der Waals surface area (Å²) >= 11 is 5.85. The Morgan fingerprint density at radius 3 is 2.43 bits per heavy atom. The summed E-state index contributed by atoms with van der Waals surface area (Å²) in [6.45, 7) is 0.518. The minimum Gasteiger partial charge on any atom is -0.383 e. The van der Waals surface area contributed by atoms with E-state index in [4.69, 9.17) is 27.3 Å². The van der Waals surface area contributed by atoms with Crippen LogP contribution in [0.5, 0.6) is 0 Å². The van der Waals surface area contributed by atoms with E-state index in [1.54, 1.807) is 6.20 Å². The fraction of sp³-hybridized carbons (Fsp3) is 0.0370. The molecule has 0 unspecified atom stereocenters. The van der Waals surface area contributed by atoms with E-state index in [9.17, 15) is 0 Å². The zero-order chi connectivity index (χ0) is 25.2. The summed E-state index contributed by atoms with van der Waals surface area (Å²) < 4.78 is 2.01. The Morgan fingerprint density at radius 1 is 0.811 bits per heavy atom. The third-order valence-corrected chi connectivity index (χ3v) is 6.02. The standard InChI is InChI=1S/C27H20ClN9/c28-26-32-16-33-27(36-26)31-15-17-8-10-19(11-9-17)37-24(20-7-4-14-30-23(20)29)35-22-13-12-21(34-25(22)37)18-5-2-1-3-6-18/h1-14,16H,15H2,(H2,29,30)(H,31,32,33,36). The number of nitrogens with one attached hydrogen (secondary N) is 1. The fourth-order valence-corrected chi connectivity index (χ4v) is 4.19. The van der Waals surface area contributed by atoms with E-state index in [0.717, 1.165) is 39.2 Å². The van der Waals surface area contributed by atoms with Gasteiger partial charge in [-0.05, 0) is 53.6 Å². The molecule has 0 fully saturated rings. The summed E-state index contributed by atoms with van der Waals surface area (Å²) in [6.07, 6.45) is 3.03. The molecule has 0 saturated heterocycles. The molecule has 0 atom stereocenters. The second-order valence-electron chi connectivity index (χ2n) is 8.21. The number of halogens is 1. The molecule has 6 aromatic rings. The van der Waals surface area contributed by atoms with E-state index < -0.39 is 0 Å². The highest BCUT2D eigenvalue weighted by Gasteiger charge is 2.18. The molecular weight excluding hydrogens is 486 g/mol. The zero-order valence-corrected chi connectivity index (χ0v) is 20.2. The summed E-state index contributed by atoms with van der Waals surface area (Å²) in [5.74, 6) is 1.49. The number of aromatic nitrogens is 7. The van der Waals surface area contributed by atoms with E-state index in [1.165, 1.54) is 6.33 Å². The van der Waals surface area contributed by atoms with Crippen molar-refractivity contribution in [2.24, 2.45) is 0 Å². The van der Waals surface area contributed by atoms with E-state index in [-0.39, 0.29) is 5.28 Å². The normalized spacial score (nSPS) is 11.1. The summed E-state index contributed by atoms with van der Waals surface area (Å²) in [6, 6.07) is 25.9. The Bertz CT molecular complexity index is 1700. The molecule has 9 nitrogen and oxygen atoms in total. The summed E-state index contributed by atoms with van der Waals surface area (Å²) in [7, 11) is 0. The maximum absolute atomic E-state index is 6.25. The average Bonchev–Trinajstić information content (AvgIpc) is 3.31. The monoisotopic (exact) mass is 505 g/mol. The Morgan fingerprint density at radius 2 is 1.65 bits per heavy atom. The molecular formula is C27H20ClN9. The van der Waals surface area contributed by atoms with Gasteiger partial charge >= 0.3 is 0 Å². The third kappa shape index (κ3) is 4.55. The van der Waals surface area contributed by atoms with Gasteiger partial charge in [0.25, 0.3) is 0 Å². The van der Waals surface area contributed by atoms with E-state index in [0.29, 0.717) is 24.1 Å². The number of nitrogens with two attached hydrogens (primary N) is 1. The minimum absolute atomic E-state index is 0.143. The van der Waals surface area contributed by atoms with Crippen molar-refractivity contribution in [2.75, 3.05) is 11.1 Å². The van der Waals surface area contributed by atoms with E-state index >= 15 is 0 Å². The lowest BCUT2D eigenvalue weighted by Gasteiger charge is -2.12. The third-order valence-electron chi connectivity index (χ3n) is 5.84. The number of hydrogen-bond acceptors (Lipinski definition) is 8. The van der Waals surface area contributed by atoms with Crippen molar-refractivity contribution < 1.29 is 0 Å². The molecule has 4 heterocycles. The van der Waals surface area contributed by atoms with Crippen molar-refractivity contribution in [1.82, 2.24) is 34.5 Å². The van der Waals surface area contributed by atoms with Gasteiger partial charge in [-0.15, -0.1) is 0 Å². The second-order valence-corrected chi connectivity index (χ2v) is 8.55. The smallest absolute Gasteiger partial charge is 0.227 e. The predicted molar refractivity (Wildman–Crippen MR) is 144 cm³/mol. The Kier molecular flexibility index (Phi) is 5.88. The molecule has 0 aliphatic carbocycles. The molecule has 6 rings (SSSR count). The van der Waals surface area contributed by atoms with Gasteiger partial charge in [-0.25, -0.2) is 24.9 Å². The number of hydrogen-bond donors (Lipinski definition) is 2. The Balaban J connectivity index is 1.43. The highest BCUT2D eigenvalue weighted by Crippen LogP contribution is 2.31. The molecule has 0 saturated carbocycles. The molecule has 0 amide bonds. The van der Waals surface area contributed by atoms with Crippen LogP contribution in [0.3, 0.4) is 0 Å². The number of pyridine rings is 2. The summed E-state index contributed by atoms with van der Waals surface area (Å²) in [5, 5.41) is 3.30. The zero-order valence-electron chi connectivity index (χ0n) is 19.5. The second kappa shape index (κ2) is 9.63. The van der Waals surface area contributed by atoms with Crippen molar-refractivity contribution in [2.45, 2.75) is 6.54 Å². The SMILES string of the molecule is Nc1ncccc1-c1nc2ccc(-c3ccccc3)nc2n1-c1ccc(CNc2ncnc(Cl)n2)cc1. The molecule has 37 heavy (non-hydrogen) atoms. The van der Waals surface area contributed by atoms with Crippen LogP contribution in [0.4, 0.5) is 11.8 Å². The van der Waals surface area contributed by atoms with Gasteiger partial charge in [0.15, 0.2) is 11.5 Å². The van der Waals surface area contributed by atoms with Gasteiger partial charge in [0.2, 0.25) is 11.2 Å². The van der Waals surface area contributed by atoms with Crippen LogP contribution >= 0.6 is 11.6 Å². The van der Waals surface area contributed by atoms with Gasteiger partial charge in [0.05, 0.1) is 11.3 Å². The van der Waals surface area contributed by atoms with Crippen LogP contribution in [0, 0.1) is 0 Å². The molecule has 0 aliphatic rings. The predicted octanol–water partition coefficient (Wildman–Crippen LogP) is 5.18. The van der Waals surface area contributed by atoms with Crippen molar-refractivity contribution in [3.8, 4) is 28.3 Å². The van der Waals surface area contributed by atoms with Crippen molar-refractivity contribution in [1.29, 1.82) is 0 Å². The topological polar surface area (TPSA) is 120 Å². The van der Waals surface area contributed by atoms with Crippen LogP contribution in [-0.4, -0.2) is 34.5 Å². The molecule has 4 aromatic heterocycles. The molecule has 0 radical (unpaired) electrons. The maximum Gasteiger partial charge on any atom is 0.227 e. The molecule has 3 N–H and O–H groups in total. The fourth-order valence-electron chi connectivity index (χ4n) is 4.06. The highest BCUT2D eigenvalue weighted by atomic mass is 35.5. The number of nitrogen functional groups attached to an aromatic ring is 1. The van der Waals surface area contributed by atoms with Crippen molar-refractivity contribution in [3.63, 3.8) is 0 Å². The van der Waals surface area contributed by atoms with E-state index in [1.807, 2.05) is 83.4 Å². The minimum atomic E-state index is 0.143. The largest absolute Gasteiger partial charge is 0.383 e. The van der Waals surface area contributed by atoms with Gasteiger partial charge < -0.3 is 11.1 Å². The molecule has 0 aliphatic heterocycles. The van der Waals surface area contributed by atoms with Crippen molar-refractivity contribution in [3.05, 3.63) is 102 Å². The lowest BCUT2D eigenvalue weighted by atomic mass is 10.1. The van der Waals surface area contributed by atoms with E-state index in [2.05, 4.69) is 25.3 Å². The molecule has 2 aromatic carbocycles. The van der Waals surface area contributed by atoms with Crippen LogP contribution < -0.4 is 11.1 Å². The first-order valence-corrected chi connectivity index (χ1v) is 11.9. The lowest BCUT2D eigenvalue weighted by molar-refractivity contribution is 0.999. The molecule has 10 heteroatoms. The maximum atomic E-state index is 6.25. The van der Waals surface area contributed by atoms with Gasteiger partial charge in [-0.3, -0.25) is 4.57 Å². The van der Waals surface area contributed by atoms with Gasteiger partial charge in [-0.2, -0.15) is 4.98 Å². The summed E-state index contributed by atoms with van der Waals surface area (Å²) in [5.41, 5.74) is 12.3. The highest BCUT2D eigenvalue weighted by molar-refractivity contribution is 6.28. The quantitative estimate of drug-likeness (QED) is 0.317. The van der Waals surface area contributed by atoms with Crippen LogP contribution in [0.25, 0.3) is 39.5 Å². The number of anilines is 2. The Labute approximate surface area is 217 Å². The number of benzene rings is 2. The first kappa shape index (κ1) is 22.6. The van der Waals surface area contributed by atoms with Crippen LogP contribution in [-0.2, 0) is 6.54 Å². The Hall–Kier alpha value is -4.89. The number of fused-ring (bicyclic) bond motifs is 1. The number of rotatable bonds is 6. The van der Waals surface area contributed by atoms with Gasteiger partial charge in [-0.1, -0.05) is 42.5 Å². The average molecular weight is 506 g/mol. The summed E-state index contributed by atoms with van der Waals surface area (Å²) in [4.78, 5) is 26.1. The van der Waals surface area contributed by atoms with Gasteiger partial charge in [0.1, 0.15) is 17.7 Å². The first-order chi connectivity index (χ1) is 18.2. The molecule has 180 valence electrons. The number of imidazole rings is 1. The van der Waals surface area contributed by atoms with Crippen molar-refractivity contribution >= 4 is 34.5 Å². The number of nitrogens with zero attached hydrogens (tertiary/aromatic N) is 7. The van der Waals surface area contributed by atoms with Crippen LogP contribution in [0.1, 0.15) is 5.56 Å². The van der Waals surface area contributed by atoms with Crippen LogP contribution in [0.2, 0.25) is 5.28 Å². The van der Waals surface area contributed by atoms with Crippen LogP contribution in [0.15, 0.2) is 91.4 Å².